The summed E-state index contributed by atoms with van der Waals surface area (Å²) < 4.78 is 11.4. The molecule has 23 heavy (non-hydrogen) atoms. The molecule has 2 unspecified atom stereocenters. The Bertz CT molecular complexity index is 644. The lowest BCUT2D eigenvalue weighted by Gasteiger charge is -2.37. The van der Waals surface area contributed by atoms with Crippen LogP contribution in [0.4, 0.5) is 0 Å². The van der Waals surface area contributed by atoms with Crippen molar-refractivity contribution in [3.05, 3.63) is 65.7 Å². The number of ether oxygens (including phenoxy) is 2. The Morgan fingerprint density at radius 3 is 2.65 bits per heavy atom. The number of hydrogen-bond acceptors (Lipinski definition) is 4. The van der Waals surface area contributed by atoms with Gasteiger partial charge in [0, 0.05) is 18.7 Å². The molecule has 1 aliphatic heterocycles. The summed E-state index contributed by atoms with van der Waals surface area (Å²) in [4.78, 5) is 13.6. The second kappa shape index (κ2) is 7.40. The van der Waals surface area contributed by atoms with Crippen LogP contribution in [0.1, 0.15) is 17.2 Å². The summed E-state index contributed by atoms with van der Waals surface area (Å²) in [7, 11) is 1.66. The van der Waals surface area contributed by atoms with E-state index in [0.717, 1.165) is 24.1 Å². The molecule has 120 valence electrons. The van der Waals surface area contributed by atoms with E-state index in [0.29, 0.717) is 13.2 Å². The van der Waals surface area contributed by atoms with Crippen LogP contribution in [0.2, 0.25) is 0 Å². The highest BCUT2D eigenvalue weighted by Crippen LogP contribution is 2.31. The number of benzene rings is 2. The van der Waals surface area contributed by atoms with Gasteiger partial charge in [-0.1, -0.05) is 48.5 Å². The highest BCUT2D eigenvalue weighted by molar-refractivity contribution is 5.58. The van der Waals surface area contributed by atoms with Gasteiger partial charge >= 0.3 is 0 Å². The lowest BCUT2D eigenvalue weighted by Crippen LogP contribution is -2.47. The molecule has 1 fully saturated rings. The van der Waals surface area contributed by atoms with Gasteiger partial charge in [-0.3, -0.25) is 4.90 Å². The van der Waals surface area contributed by atoms with Gasteiger partial charge in [-0.25, -0.2) is 0 Å². The minimum absolute atomic E-state index is 0.0916. The lowest BCUT2D eigenvalue weighted by molar-refractivity contribution is -0.124. The van der Waals surface area contributed by atoms with Crippen LogP contribution in [-0.2, 0) is 16.1 Å². The second-order valence-electron chi connectivity index (χ2n) is 5.68. The number of aldehydes is 1. The smallest absolute Gasteiger partial charge is 0.139 e. The van der Waals surface area contributed by atoms with Crippen molar-refractivity contribution in [2.45, 2.75) is 18.7 Å². The average molecular weight is 311 g/mol. The van der Waals surface area contributed by atoms with Gasteiger partial charge in [-0.15, -0.1) is 0 Å². The van der Waals surface area contributed by atoms with E-state index in [4.69, 9.17) is 9.47 Å². The second-order valence-corrected chi connectivity index (χ2v) is 5.68. The molecule has 2 atom stereocenters. The maximum absolute atomic E-state index is 11.4. The summed E-state index contributed by atoms with van der Waals surface area (Å²) >= 11 is 0. The van der Waals surface area contributed by atoms with Crippen LogP contribution in [0.5, 0.6) is 5.75 Å². The molecule has 2 aromatic carbocycles. The molecule has 0 amide bonds. The average Bonchev–Trinajstić information content (AvgIpc) is 2.62. The molecule has 0 saturated carbocycles. The first-order valence-corrected chi connectivity index (χ1v) is 7.79. The first kappa shape index (κ1) is 15.7. The molecule has 0 radical (unpaired) electrons. The molecule has 4 nitrogen and oxygen atoms in total. The molecule has 1 saturated heterocycles. The van der Waals surface area contributed by atoms with Gasteiger partial charge in [0.05, 0.1) is 25.9 Å². The zero-order valence-electron chi connectivity index (χ0n) is 13.2. The van der Waals surface area contributed by atoms with Crippen molar-refractivity contribution in [3.8, 4) is 5.75 Å². The van der Waals surface area contributed by atoms with E-state index in [2.05, 4.69) is 17.0 Å². The van der Waals surface area contributed by atoms with E-state index < -0.39 is 0 Å². The molecule has 0 aliphatic carbocycles. The molecule has 3 rings (SSSR count). The SMILES string of the molecule is COc1ccccc1C1CN(Cc2ccccc2)C(C=O)CO1. The summed E-state index contributed by atoms with van der Waals surface area (Å²) in [6.07, 6.45) is 0.882. The Morgan fingerprint density at radius 1 is 1.17 bits per heavy atom. The lowest BCUT2D eigenvalue weighted by atomic mass is 10.0. The van der Waals surface area contributed by atoms with Gasteiger partial charge in [0.15, 0.2) is 0 Å². The molecule has 1 aliphatic rings. The minimum Gasteiger partial charge on any atom is -0.496 e. The van der Waals surface area contributed by atoms with E-state index in [-0.39, 0.29) is 12.1 Å². The van der Waals surface area contributed by atoms with Gasteiger partial charge < -0.3 is 14.3 Å². The van der Waals surface area contributed by atoms with E-state index in [9.17, 15) is 4.79 Å². The van der Waals surface area contributed by atoms with Crippen LogP contribution in [0.15, 0.2) is 54.6 Å². The third-order valence-electron chi connectivity index (χ3n) is 4.21. The minimum atomic E-state index is -0.207. The van der Waals surface area contributed by atoms with Crippen LogP contribution in [-0.4, -0.2) is 37.5 Å². The predicted molar refractivity (Wildman–Crippen MR) is 88.4 cm³/mol. The quantitative estimate of drug-likeness (QED) is 0.796. The van der Waals surface area contributed by atoms with Gasteiger partial charge in [-0.05, 0) is 11.6 Å². The van der Waals surface area contributed by atoms with Crippen molar-refractivity contribution in [1.82, 2.24) is 4.90 Å². The van der Waals surface area contributed by atoms with Crippen LogP contribution in [0.3, 0.4) is 0 Å². The number of rotatable bonds is 5. The standard InChI is InChI=1S/C19H21NO3/c1-22-18-10-6-5-9-17(18)19-12-20(16(13-21)14-23-19)11-15-7-3-2-4-8-15/h2-10,13,16,19H,11-12,14H2,1H3. The Balaban J connectivity index is 1.79. The molecule has 0 bridgehead atoms. The first-order valence-electron chi connectivity index (χ1n) is 7.79. The van der Waals surface area contributed by atoms with Crippen molar-refractivity contribution in [3.63, 3.8) is 0 Å². The third kappa shape index (κ3) is 3.60. The van der Waals surface area contributed by atoms with Gasteiger partial charge in [0.2, 0.25) is 0 Å². The summed E-state index contributed by atoms with van der Waals surface area (Å²) in [5, 5.41) is 0. The highest BCUT2D eigenvalue weighted by atomic mass is 16.5. The Labute approximate surface area is 136 Å². The Hall–Kier alpha value is -2.17. The number of nitrogens with zero attached hydrogens (tertiary/aromatic N) is 1. The van der Waals surface area contributed by atoms with Crippen molar-refractivity contribution in [1.29, 1.82) is 0 Å². The predicted octanol–water partition coefficient (Wildman–Crippen LogP) is 2.84. The molecule has 0 N–H and O–H groups in total. The molecule has 0 spiro atoms. The van der Waals surface area contributed by atoms with E-state index in [1.807, 2.05) is 42.5 Å². The Kier molecular flexibility index (Phi) is 5.05. The van der Waals surface area contributed by atoms with Crippen molar-refractivity contribution in [2.75, 3.05) is 20.3 Å². The van der Waals surface area contributed by atoms with E-state index in [1.54, 1.807) is 7.11 Å². The molecular formula is C19H21NO3. The topological polar surface area (TPSA) is 38.8 Å². The maximum atomic E-state index is 11.4. The molecule has 4 heteroatoms. The molecule has 1 heterocycles. The van der Waals surface area contributed by atoms with Crippen molar-refractivity contribution >= 4 is 6.29 Å². The fourth-order valence-electron chi connectivity index (χ4n) is 2.97. The first-order chi connectivity index (χ1) is 11.3. The molecule has 2 aromatic rings. The number of morpholine rings is 1. The number of carbonyl (C=O) groups excluding carboxylic acids is 1. The summed E-state index contributed by atoms with van der Waals surface area (Å²) in [6, 6.07) is 17.9. The largest absolute Gasteiger partial charge is 0.496 e. The van der Waals surface area contributed by atoms with Crippen LogP contribution < -0.4 is 4.74 Å². The van der Waals surface area contributed by atoms with Gasteiger partial charge in [0.25, 0.3) is 0 Å². The van der Waals surface area contributed by atoms with Gasteiger partial charge in [0.1, 0.15) is 12.0 Å². The molecular weight excluding hydrogens is 290 g/mol. The number of hydrogen-bond donors (Lipinski definition) is 0. The summed E-state index contributed by atoms with van der Waals surface area (Å²) in [6.45, 7) is 1.80. The number of methoxy groups -OCH3 is 1. The fraction of sp³-hybridized carbons (Fsp3) is 0.316. The zero-order chi connectivity index (χ0) is 16.1. The summed E-state index contributed by atoms with van der Waals surface area (Å²) in [5.41, 5.74) is 2.22. The van der Waals surface area contributed by atoms with Crippen molar-refractivity contribution in [2.24, 2.45) is 0 Å². The number of para-hydroxylation sites is 1. The normalized spacial score (nSPS) is 21.8. The zero-order valence-corrected chi connectivity index (χ0v) is 13.2. The van der Waals surface area contributed by atoms with Crippen LogP contribution >= 0.6 is 0 Å². The van der Waals surface area contributed by atoms with E-state index >= 15 is 0 Å². The summed E-state index contributed by atoms with van der Waals surface area (Å²) in [5.74, 6) is 0.821. The fourth-order valence-corrected chi connectivity index (χ4v) is 2.97. The maximum Gasteiger partial charge on any atom is 0.139 e. The monoisotopic (exact) mass is 311 g/mol. The number of carbonyl (C=O) groups is 1. The molecule has 0 aromatic heterocycles. The van der Waals surface area contributed by atoms with Crippen molar-refractivity contribution < 1.29 is 14.3 Å². The third-order valence-corrected chi connectivity index (χ3v) is 4.21. The van der Waals surface area contributed by atoms with E-state index in [1.165, 1.54) is 5.56 Å². The Morgan fingerprint density at radius 2 is 1.91 bits per heavy atom. The van der Waals surface area contributed by atoms with Gasteiger partial charge in [-0.2, -0.15) is 0 Å². The highest BCUT2D eigenvalue weighted by Gasteiger charge is 2.30. The van der Waals surface area contributed by atoms with Crippen LogP contribution in [0, 0.1) is 0 Å². The van der Waals surface area contributed by atoms with Crippen LogP contribution in [0.25, 0.3) is 0 Å².